The van der Waals surface area contributed by atoms with Gasteiger partial charge in [-0.05, 0) is 80.5 Å². The molecule has 0 spiro atoms. The molecule has 5 heterocycles. The zero-order chi connectivity index (χ0) is 57.0. The van der Waals surface area contributed by atoms with E-state index in [0.29, 0.717) is 6.42 Å². The average Bonchev–Trinajstić information content (AvgIpc) is 3.42. The van der Waals surface area contributed by atoms with Crippen molar-refractivity contribution in [2.75, 3.05) is 34.9 Å². The number of carbonyl (C=O) groups excluding carboxylic acids is 1. The number of likely N-dealkylation sites (N-methyl/N-ethyl adjacent to an activating group) is 1. The number of hydrogen-bond donors (Lipinski definition) is 5. The minimum absolute atomic E-state index is 0.0602. The number of benzene rings is 2. The Morgan fingerprint density at radius 1 is 0.782 bits per heavy atom. The number of esters is 1. The molecule has 5 saturated heterocycles. The molecule has 20 nitrogen and oxygen atoms in total. The molecule has 0 aliphatic carbocycles. The number of hydrogen-bond acceptors (Lipinski definition) is 20. The van der Waals surface area contributed by atoms with E-state index in [0.717, 1.165) is 11.1 Å². The molecule has 0 bridgehead atoms. The minimum Gasteiger partial charge on any atom is -0.459 e. The van der Waals surface area contributed by atoms with Gasteiger partial charge in [-0.3, -0.25) is 4.79 Å². The van der Waals surface area contributed by atoms with E-state index in [4.69, 9.17) is 62.1 Å². The van der Waals surface area contributed by atoms with Gasteiger partial charge in [-0.1, -0.05) is 93.5 Å². The Morgan fingerprint density at radius 2 is 1.45 bits per heavy atom. The first-order valence-corrected chi connectivity index (χ1v) is 27.8. The van der Waals surface area contributed by atoms with Crippen LogP contribution in [0.3, 0.4) is 0 Å². The Kier molecular flexibility index (Phi) is 21.0. The normalized spacial score (nSPS) is 44.8. The van der Waals surface area contributed by atoms with Gasteiger partial charge in [0, 0.05) is 50.0 Å². The molecule has 5 N–H and O–H groups in total. The molecule has 2 aromatic rings. The molecular formula is C58H90N2O18. The van der Waals surface area contributed by atoms with Gasteiger partial charge in [-0.2, -0.15) is 0 Å². The number of oxime groups is 1. The van der Waals surface area contributed by atoms with Crippen molar-refractivity contribution in [2.45, 2.75) is 223 Å². The van der Waals surface area contributed by atoms with Crippen LogP contribution < -0.4 is 0 Å². The first kappa shape index (κ1) is 62.3. The lowest BCUT2D eigenvalue weighted by Crippen LogP contribution is -2.63. The number of fused-ring (bicyclic) bond motifs is 1. The summed E-state index contributed by atoms with van der Waals surface area (Å²) in [6.45, 7) is 17.3. The SMILES string of the molecule is CC[C@@H]1OC(=O)[C@H](C)[C@@H](O[C@H]2C[C@@](C)(OC)[C@@H](O)[C@H](C)O2)[C@H](C)[C@@H](O[C@@H]2O[C@H](C)C[C@H](N(C)C)[C@H]2O)[C@](C)(O)C[C@@H](C)/C(=N\O[C@@H]2[C@H](OC)O[C@@H]3CO[C@@H](c4ccccc4)O[C@H]3[C@@H]2OCc2ccccc2)[C@H](C)[C@@H](O)[C@]1(C)O. The highest BCUT2D eigenvalue weighted by Crippen LogP contribution is 2.43. The summed E-state index contributed by atoms with van der Waals surface area (Å²) in [7, 11) is 6.69. The fourth-order valence-corrected chi connectivity index (χ4v) is 12.3. The third-order valence-electron chi connectivity index (χ3n) is 17.0. The van der Waals surface area contributed by atoms with E-state index in [9.17, 15) is 30.3 Å². The fourth-order valence-electron chi connectivity index (χ4n) is 12.3. The van der Waals surface area contributed by atoms with Crippen LogP contribution in [0.1, 0.15) is 112 Å². The van der Waals surface area contributed by atoms with Crippen molar-refractivity contribution in [1.82, 2.24) is 4.90 Å². The second kappa shape index (κ2) is 26.3. The van der Waals surface area contributed by atoms with Crippen LogP contribution in [0.5, 0.6) is 0 Å². The average molecular weight is 1100 g/mol. The highest BCUT2D eigenvalue weighted by atomic mass is 16.8. The van der Waals surface area contributed by atoms with Gasteiger partial charge >= 0.3 is 5.97 Å². The number of carbonyl (C=O) groups is 1. The largest absolute Gasteiger partial charge is 0.459 e. The number of methoxy groups -OCH3 is 2. The zero-order valence-electron chi connectivity index (χ0n) is 48.1. The fraction of sp³-hybridized carbons (Fsp3) is 0.759. The van der Waals surface area contributed by atoms with E-state index >= 15 is 0 Å². The summed E-state index contributed by atoms with van der Waals surface area (Å²) in [6, 6.07) is 18.8. The predicted octanol–water partition coefficient (Wildman–Crippen LogP) is 5.03. The smallest absolute Gasteiger partial charge is 0.311 e. The second-order valence-electron chi connectivity index (χ2n) is 23.4. The van der Waals surface area contributed by atoms with Crippen molar-refractivity contribution in [2.24, 2.45) is 28.8 Å². The Labute approximate surface area is 460 Å². The number of cyclic esters (lactones) is 1. The number of nitrogens with zero attached hydrogens (tertiary/aromatic N) is 2. The molecule has 0 aromatic heterocycles. The second-order valence-corrected chi connectivity index (χ2v) is 23.4. The van der Waals surface area contributed by atoms with Crippen LogP contribution in [0.4, 0.5) is 0 Å². The molecule has 0 unspecified atom stereocenters. The summed E-state index contributed by atoms with van der Waals surface area (Å²) < 4.78 is 70.5. The highest BCUT2D eigenvalue weighted by molar-refractivity contribution is 5.88. The van der Waals surface area contributed by atoms with Crippen LogP contribution in [0.15, 0.2) is 65.8 Å². The van der Waals surface area contributed by atoms with E-state index in [2.05, 4.69) is 0 Å². The first-order valence-electron chi connectivity index (χ1n) is 27.8. The molecule has 24 atom stereocenters. The van der Waals surface area contributed by atoms with Gasteiger partial charge in [-0.25, -0.2) is 0 Å². The van der Waals surface area contributed by atoms with Crippen molar-refractivity contribution < 1.29 is 87.3 Å². The maximum atomic E-state index is 14.8. The van der Waals surface area contributed by atoms with Crippen molar-refractivity contribution in [3.8, 4) is 0 Å². The van der Waals surface area contributed by atoms with Gasteiger partial charge in [0.2, 0.25) is 6.10 Å². The molecule has 0 radical (unpaired) electrons. The summed E-state index contributed by atoms with van der Waals surface area (Å²) in [5, 5.41) is 66.3. The lowest BCUT2D eigenvalue weighted by atomic mass is 9.73. The summed E-state index contributed by atoms with van der Waals surface area (Å²) in [5.41, 5.74) is -3.19. The Bertz CT molecular complexity index is 2230. The van der Waals surface area contributed by atoms with Crippen LogP contribution in [0.25, 0.3) is 0 Å². The molecule has 2 aromatic carbocycles. The van der Waals surface area contributed by atoms with Gasteiger partial charge in [-0.15, -0.1) is 0 Å². The maximum Gasteiger partial charge on any atom is 0.311 e. The van der Waals surface area contributed by atoms with E-state index in [1.54, 1.807) is 48.5 Å². The number of rotatable bonds is 14. The summed E-state index contributed by atoms with van der Waals surface area (Å²) in [5.74, 6) is -4.62. The molecule has 7 rings (SSSR count). The van der Waals surface area contributed by atoms with Gasteiger partial charge in [0.25, 0.3) is 0 Å². The van der Waals surface area contributed by atoms with Gasteiger partial charge in [0.1, 0.15) is 42.2 Å². The molecule has 5 fully saturated rings. The molecule has 440 valence electrons. The first-order chi connectivity index (χ1) is 36.8. The molecule has 78 heavy (non-hydrogen) atoms. The maximum absolute atomic E-state index is 14.8. The van der Waals surface area contributed by atoms with Crippen molar-refractivity contribution in [3.05, 3.63) is 71.8 Å². The minimum atomic E-state index is -2.09. The number of ether oxygens (including phenoxy) is 11. The van der Waals surface area contributed by atoms with Gasteiger partial charge in [0.15, 0.2) is 25.2 Å². The lowest BCUT2D eigenvalue weighted by Gasteiger charge is -2.49. The molecule has 0 amide bonds. The number of aliphatic hydroxyl groups excluding tert-OH is 3. The predicted molar refractivity (Wildman–Crippen MR) is 284 cm³/mol. The van der Waals surface area contributed by atoms with Crippen LogP contribution in [0.2, 0.25) is 0 Å². The highest BCUT2D eigenvalue weighted by Gasteiger charge is 2.56. The molecule has 20 heteroatoms. The topological polar surface area (TPSA) is 245 Å². The quantitative estimate of drug-likeness (QED) is 0.123. The molecule has 5 aliphatic rings. The van der Waals surface area contributed by atoms with Crippen molar-refractivity contribution in [1.29, 1.82) is 0 Å². The zero-order valence-corrected chi connectivity index (χ0v) is 48.1. The molecular weight excluding hydrogens is 1010 g/mol. The third kappa shape index (κ3) is 13.8. The van der Waals surface area contributed by atoms with E-state index in [-0.39, 0.29) is 50.3 Å². The van der Waals surface area contributed by atoms with Gasteiger partial charge < -0.3 is 87.4 Å². The standard InChI is InChI=1S/C58H90N2O18/c1-15-41-58(10,66)49(62)33(4)43(59-78-48-47(69-29-37-22-18-16-19-23-37)46-40(73-55(48)67-13)30-70-53(76-46)38-24-20-17-21-25-38)31(2)27-56(8,65)51(77-54-44(61)39(60(11)12)26-32(3)71-54)34(5)45(35(6)52(64)74-41)75-42-28-57(9,68-14)50(63)36(7)72-42/h16-25,31-36,39-42,44-51,53-55,61-63,65-66H,15,26-30H2,1-14H3/b59-43+/t31-,32-,33+,34+,35-,36+,39+,40-,41+,42+,44-,45+,46-,47+,48+,49-,50+,51-,53-,54+,55-,56-,57-,58-/m1/s1. The van der Waals surface area contributed by atoms with Crippen molar-refractivity contribution in [3.63, 3.8) is 0 Å². The van der Waals surface area contributed by atoms with Crippen LogP contribution in [-0.2, 0) is 68.3 Å². The third-order valence-corrected chi connectivity index (χ3v) is 17.0. The van der Waals surface area contributed by atoms with Gasteiger partial charge in [0.05, 0.1) is 66.6 Å². The van der Waals surface area contributed by atoms with E-state index < -0.39 is 139 Å². The number of aliphatic hydroxyl groups is 5. The van der Waals surface area contributed by atoms with E-state index in [1.165, 1.54) is 21.1 Å². The van der Waals surface area contributed by atoms with Crippen LogP contribution in [0, 0.1) is 23.7 Å². The Balaban J connectivity index is 1.32. The van der Waals surface area contributed by atoms with Crippen molar-refractivity contribution >= 4 is 11.7 Å². The monoisotopic (exact) mass is 1100 g/mol. The molecule has 0 saturated carbocycles. The Morgan fingerprint density at radius 3 is 2.08 bits per heavy atom. The molecule has 5 aliphatic heterocycles. The summed E-state index contributed by atoms with van der Waals surface area (Å²) in [6.07, 6.45) is -15.6. The lowest BCUT2D eigenvalue weighted by molar-refractivity contribution is -0.368. The van der Waals surface area contributed by atoms with Crippen LogP contribution in [-0.4, -0.2) is 192 Å². The van der Waals surface area contributed by atoms with Crippen LogP contribution >= 0.6 is 0 Å². The summed E-state index contributed by atoms with van der Waals surface area (Å²) in [4.78, 5) is 23.3. The Hall–Kier alpha value is -3.26. The van der Waals surface area contributed by atoms with E-state index in [1.807, 2.05) is 93.5 Å². The summed E-state index contributed by atoms with van der Waals surface area (Å²) >= 11 is 0.